The third-order valence-corrected chi connectivity index (χ3v) is 4.97. The summed E-state index contributed by atoms with van der Waals surface area (Å²) in [4.78, 5) is 16.7. The molecule has 1 amide bonds. The third kappa shape index (κ3) is 5.59. The maximum atomic E-state index is 12.3. The number of hydrogen-bond donors (Lipinski definition) is 1. The van der Waals surface area contributed by atoms with E-state index >= 15 is 0 Å². The van der Waals surface area contributed by atoms with E-state index in [-0.39, 0.29) is 36.8 Å². The smallest absolute Gasteiger partial charge is 0.222 e. The number of likely N-dealkylation sites (N-methyl/N-ethyl adjacent to an activating group) is 2. The van der Waals surface area contributed by atoms with Crippen LogP contribution in [0.25, 0.3) is 0 Å². The SMILES string of the molecule is CCN1CCCC1CN(C)C(=O)C[C@@H]1CCC[C@H]1N.Cl.Cl. The average molecular weight is 340 g/mol. The number of hydrogen-bond acceptors (Lipinski definition) is 3. The highest BCUT2D eigenvalue weighted by Gasteiger charge is 2.29. The Labute approximate surface area is 141 Å². The minimum Gasteiger partial charge on any atom is -0.344 e. The first-order chi connectivity index (χ1) is 9.11. The zero-order valence-corrected chi connectivity index (χ0v) is 14.9. The van der Waals surface area contributed by atoms with Gasteiger partial charge in [-0.05, 0) is 44.7 Å². The average Bonchev–Trinajstić information content (AvgIpc) is 2.99. The molecule has 0 spiro atoms. The topological polar surface area (TPSA) is 49.6 Å². The molecule has 2 fully saturated rings. The predicted octanol–water partition coefficient (Wildman–Crippen LogP) is 2.29. The van der Waals surface area contributed by atoms with Crippen LogP contribution in [0, 0.1) is 5.92 Å². The molecule has 2 aliphatic rings. The molecule has 21 heavy (non-hydrogen) atoms. The van der Waals surface area contributed by atoms with Crippen LogP contribution in [0.1, 0.15) is 45.4 Å². The van der Waals surface area contributed by atoms with Gasteiger partial charge in [0.25, 0.3) is 0 Å². The number of amides is 1. The van der Waals surface area contributed by atoms with E-state index in [9.17, 15) is 4.79 Å². The van der Waals surface area contributed by atoms with Crippen LogP contribution in [0.4, 0.5) is 0 Å². The Balaban J connectivity index is 0.00000200. The van der Waals surface area contributed by atoms with Gasteiger partial charge in [-0.2, -0.15) is 0 Å². The Morgan fingerprint density at radius 1 is 1.24 bits per heavy atom. The monoisotopic (exact) mass is 339 g/mol. The van der Waals surface area contributed by atoms with Crippen molar-refractivity contribution >= 4 is 30.7 Å². The summed E-state index contributed by atoms with van der Waals surface area (Å²) in [7, 11) is 1.95. The highest BCUT2D eigenvalue weighted by molar-refractivity contribution is 5.85. The molecule has 1 aliphatic heterocycles. The largest absolute Gasteiger partial charge is 0.344 e. The van der Waals surface area contributed by atoms with E-state index in [1.54, 1.807) is 0 Å². The van der Waals surface area contributed by atoms with Crippen molar-refractivity contribution < 1.29 is 4.79 Å². The van der Waals surface area contributed by atoms with Crippen molar-refractivity contribution in [2.24, 2.45) is 11.7 Å². The van der Waals surface area contributed by atoms with E-state index in [0.717, 1.165) is 25.9 Å². The molecule has 0 aromatic carbocycles. The number of rotatable bonds is 5. The molecule has 0 aromatic heterocycles. The van der Waals surface area contributed by atoms with Crippen LogP contribution in [0.15, 0.2) is 0 Å². The number of carbonyl (C=O) groups is 1. The molecule has 2 rings (SSSR count). The maximum Gasteiger partial charge on any atom is 0.222 e. The Kier molecular flexibility index (Phi) is 9.87. The summed E-state index contributed by atoms with van der Waals surface area (Å²) in [5.74, 6) is 0.700. The molecule has 0 radical (unpaired) electrons. The minimum atomic E-state index is 0. The molecular weight excluding hydrogens is 309 g/mol. The Hall–Kier alpha value is -0.0300. The highest BCUT2D eigenvalue weighted by Crippen LogP contribution is 2.27. The number of halogens is 2. The van der Waals surface area contributed by atoms with Crippen LogP contribution in [-0.2, 0) is 4.79 Å². The molecule has 0 aromatic rings. The summed E-state index contributed by atoms with van der Waals surface area (Å²) in [6, 6.07) is 0.812. The van der Waals surface area contributed by atoms with Gasteiger partial charge in [0.2, 0.25) is 5.91 Å². The van der Waals surface area contributed by atoms with Gasteiger partial charge >= 0.3 is 0 Å². The highest BCUT2D eigenvalue weighted by atomic mass is 35.5. The Morgan fingerprint density at radius 3 is 2.52 bits per heavy atom. The molecule has 6 heteroatoms. The van der Waals surface area contributed by atoms with Gasteiger partial charge in [-0.1, -0.05) is 13.3 Å². The standard InChI is InChI=1S/C15H29N3O.2ClH/c1-3-18-9-5-7-13(18)11-17(2)15(19)10-12-6-4-8-14(12)16;;/h12-14H,3-11,16H2,1-2H3;2*1H/t12-,13?,14+;;/m0../s1. The van der Waals surface area contributed by atoms with Crippen LogP contribution < -0.4 is 5.73 Å². The first-order valence-corrected chi connectivity index (χ1v) is 7.85. The van der Waals surface area contributed by atoms with Gasteiger partial charge in [0.15, 0.2) is 0 Å². The predicted molar refractivity (Wildman–Crippen MR) is 92.3 cm³/mol. The van der Waals surface area contributed by atoms with E-state index in [2.05, 4.69) is 11.8 Å². The Morgan fingerprint density at radius 2 is 1.95 bits per heavy atom. The van der Waals surface area contributed by atoms with Crippen molar-refractivity contribution in [2.45, 2.75) is 57.5 Å². The van der Waals surface area contributed by atoms with Crippen molar-refractivity contribution in [3.63, 3.8) is 0 Å². The molecular formula is C15H31Cl2N3O. The molecule has 3 atom stereocenters. The summed E-state index contributed by atoms with van der Waals surface area (Å²) in [5.41, 5.74) is 6.06. The fourth-order valence-electron chi connectivity index (χ4n) is 3.64. The lowest BCUT2D eigenvalue weighted by molar-refractivity contribution is -0.131. The fourth-order valence-corrected chi connectivity index (χ4v) is 3.64. The molecule has 1 heterocycles. The maximum absolute atomic E-state index is 12.3. The first-order valence-electron chi connectivity index (χ1n) is 7.85. The molecule has 1 saturated carbocycles. The quantitative estimate of drug-likeness (QED) is 0.835. The van der Waals surface area contributed by atoms with Gasteiger partial charge in [0, 0.05) is 32.1 Å². The molecule has 2 N–H and O–H groups in total. The zero-order valence-electron chi connectivity index (χ0n) is 13.3. The molecule has 1 saturated heterocycles. The molecule has 1 unspecified atom stereocenters. The van der Waals surface area contributed by atoms with Gasteiger partial charge in [0.1, 0.15) is 0 Å². The van der Waals surface area contributed by atoms with Crippen LogP contribution >= 0.6 is 24.8 Å². The fraction of sp³-hybridized carbons (Fsp3) is 0.933. The van der Waals surface area contributed by atoms with Gasteiger partial charge in [-0.3, -0.25) is 9.69 Å². The third-order valence-electron chi connectivity index (χ3n) is 4.97. The summed E-state index contributed by atoms with van der Waals surface area (Å²) >= 11 is 0. The van der Waals surface area contributed by atoms with Crippen molar-refractivity contribution in [3.05, 3.63) is 0 Å². The van der Waals surface area contributed by atoms with E-state index in [4.69, 9.17) is 5.73 Å². The Bertz CT molecular complexity index is 317. The number of likely N-dealkylation sites (tertiary alicyclic amines) is 1. The van der Waals surface area contributed by atoms with Crippen LogP contribution in [0.3, 0.4) is 0 Å². The van der Waals surface area contributed by atoms with Crippen molar-refractivity contribution in [1.82, 2.24) is 9.80 Å². The second-order valence-corrected chi connectivity index (χ2v) is 6.26. The number of nitrogens with two attached hydrogens (primary N) is 1. The van der Waals surface area contributed by atoms with Crippen molar-refractivity contribution in [1.29, 1.82) is 0 Å². The summed E-state index contributed by atoms with van der Waals surface area (Å²) in [5, 5.41) is 0. The lowest BCUT2D eigenvalue weighted by Crippen LogP contribution is -2.42. The number of carbonyl (C=O) groups excluding carboxylic acids is 1. The minimum absolute atomic E-state index is 0. The molecule has 0 bridgehead atoms. The second kappa shape index (κ2) is 9.88. The lowest BCUT2D eigenvalue weighted by atomic mass is 9.99. The van der Waals surface area contributed by atoms with E-state index in [1.807, 2.05) is 11.9 Å². The van der Waals surface area contributed by atoms with Crippen LogP contribution in [0.2, 0.25) is 0 Å². The zero-order chi connectivity index (χ0) is 13.8. The van der Waals surface area contributed by atoms with Crippen LogP contribution in [0.5, 0.6) is 0 Å². The number of nitrogens with zero attached hydrogens (tertiary/aromatic N) is 2. The first kappa shape index (κ1) is 21.0. The van der Waals surface area contributed by atoms with Gasteiger partial charge in [-0.25, -0.2) is 0 Å². The van der Waals surface area contributed by atoms with Gasteiger partial charge < -0.3 is 10.6 Å². The summed E-state index contributed by atoms with van der Waals surface area (Å²) in [6.07, 6.45) is 6.56. The van der Waals surface area contributed by atoms with E-state index in [1.165, 1.54) is 25.8 Å². The van der Waals surface area contributed by atoms with Crippen LogP contribution in [-0.4, -0.2) is 54.5 Å². The second-order valence-electron chi connectivity index (χ2n) is 6.26. The van der Waals surface area contributed by atoms with Crippen molar-refractivity contribution in [3.8, 4) is 0 Å². The lowest BCUT2D eigenvalue weighted by Gasteiger charge is -2.28. The van der Waals surface area contributed by atoms with E-state index < -0.39 is 0 Å². The molecule has 126 valence electrons. The van der Waals surface area contributed by atoms with Crippen molar-refractivity contribution in [2.75, 3.05) is 26.7 Å². The summed E-state index contributed by atoms with van der Waals surface area (Å²) < 4.78 is 0. The van der Waals surface area contributed by atoms with Gasteiger partial charge in [0.05, 0.1) is 0 Å². The molecule has 1 aliphatic carbocycles. The van der Waals surface area contributed by atoms with Gasteiger partial charge in [-0.15, -0.1) is 24.8 Å². The summed E-state index contributed by atoms with van der Waals surface area (Å²) in [6.45, 7) is 5.38. The van der Waals surface area contributed by atoms with E-state index in [0.29, 0.717) is 18.4 Å². The molecule has 4 nitrogen and oxygen atoms in total. The normalized spacial score (nSPS) is 28.8.